The number of hydrogen-bond donors (Lipinski definition) is 2. The minimum absolute atomic E-state index is 0.511. The van der Waals surface area contributed by atoms with Gasteiger partial charge >= 0.3 is 0 Å². The number of nitrogens with one attached hydrogen (secondary N) is 1. The molecule has 0 atom stereocenters. The fourth-order valence-corrected chi connectivity index (χ4v) is 4.28. The molecule has 2 aromatic carbocycles. The molecule has 2 heterocycles. The second-order valence-corrected chi connectivity index (χ2v) is 9.30. The molecular formula is C31H35N7O. The Labute approximate surface area is 229 Å². The van der Waals surface area contributed by atoms with Gasteiger partial charge in [-0.15, -0.1) is 0 Å². The molecule has 4 aromatic rings. The quantitative estimate of drug-likeness (QED) is 0.139. The van der Waals surface area contributed by atoms with E-state index in [4.69, 9.17) is 5.73 Å². The number of nitrogen functional groups attached to an aromatic ring is 1. The summed E-state index contributed by atoms with van der Waals surface area (Å²) in [4.78, 5) is 21.8. The fourth-order valence-electron chi connectivity index (χ4n) is 4.28. The average Bonchev–Trinajstić information content (AvgIpc) is 3.37. The highest BCUT2D eigenvalue weighted by molar-refractivity contribution is 5.87. The maximum atomic E-state index is 11.4. The van der Waals surface area contributed by atoms with Gasteiger partial charge in [0.25, 0.3) is 0 Å². The highest BCUT2D eigenvalue weighted by Crippen LogP contribution is 2.27. The van der Waals surface area contributed by atoms with Crippen molar-refractivity contribution < 1.29 is 4.79 Å². The van der Waals surface area contributed by atoms with Gasteiger partial charge in [0.05, 0.1) is 11.9 Å². The van der Waals surface area contributed by atoms with Gasteiger partial charge in [0.15, 0.2) is 5.65 Å². The van der Waals surface area contributed by atoms with Crippen molar-refractivity contribution in [3.8, 4) is 0 Å². The molecule has 0 radical (unpaired) electrons. The number of carbonyl (C=O) groups excluding carboxylic acids is 1. The van der Waals surface area contributed by atoms with Gasteiger partial charge in [-0.3, -0.25) is 9.48 Å². The summed E-state index contributed by atoms with van der Waals surface area (Å²) in [7, 11) is 0. The second kappa shape index (κ2) is 13.2. The summed E-state index contributed by atoms with van der Waals surface area (Å²) in [6, 6.07) is 16.1. The molecule has 0 spiro atoms. The smallest absolute Gasteiger partial charge is 0.213 e. The first-order chi connectivity index (χ1) is 19.0. The van der Waals surface area contributed by atoms with Gasteiger partial charge in [-0.2, -0.15) is 5.10 Å². The van der Waals surface area contributed by atoms with E-state index in [1.54, 1.807) is 11.1 Å². The van der Waals surface area contributed by atoms with E-state index >= 15 is 0 Å². The summed E-state index contributed by atoms with van der Waals surface area (Å²) in [5.74, 6) is 0.734. The van der Waals surface area contributed by atoms with Crippen LogP contribution in [-0.2, 0) is 17.9 Å². The molecule has 3 N–H and O–H groups in total. The minimum atomic E-state index is 0.511. The largest absolute Gasteiger partial charge is 0.398 e. The van der Waals surface area contributed by atoms with Gasteiger partial charge in [0.1, 0.15) is 12.1 Å². The van der Waals surface area contributed by atoms with Crippen molar-refractivity contribution in [1.29, 1.82) is 0 Å². The number of amides is 1. The fraction of sp³-hybridized carbons (Fsp3) is 0.226. The molecule has 0 aliphatic carbocycles. The first-order valence-corrected chi connectivity index (χ1v) is 13.1. The Kier molecular flexibility index (Phi) is 9.24. The van der Waals surface area contributed by atoms with Crippen LogP contribution in [0, 0.1) is 0 Å². The van der Waals surface area contributed by atoms with E-state index in [2.05, 4.69) is 52.4 Å². The van der Waals surface area contributed by atoms with E-state index in [9.17, 15) is 4.79 Å². The SMILES string of the molecule is C/C=C\C=C/N(C=O)Cc1ccc(Cn2cc3c(NC/C(=C(/C)CC)c4ccccc4N)ncnc3n2)cc1. The summed E-state index contributed by atoms with van der Waals surface area (Å²) in [5, 5.41) is 9.02. The monoisotopic (exact) mass is 521 g/mol. The van der Waals surface area contributed by atoms with Crippen LogP contribution in [0.1, 0.15) is 43.9 Å². The third-order valence-electron chi connectivity index (χ3n) is 6.58. The van der Waals surface area contributed by atoms with Gasteiger partial charge in [0, 0.05) is 36.7 Å². The van der Waals surface area contributed by atoms with Crippen molar-refractivity contribution in [2.75, 3.05) is 17.6 Å². The standard InChI is InChI=1S/C31H35N7O/c1-4-6-9-16-37(22-39)18-24-12-14-25(15-13-24)19-38-20-28-30(34-21-35-31(28)36-38)33-17-27(23(3)5-2)26-10-7-8-11-29(26)32/h4,6-16,20-22H,5,17-19,32H2,1-3H3,(H,33,34,35,36)/b6-4-,16-9-,27-23+. The number of para-hydroxylation sites is 1. The van der Waals surface area contributed by atoms with Crippen LogP contribution in [0.25, 0.3) is 16.6 Å². The predicted molar refractivity (Wildman–Crippen MR) is 159 cm³/mol. The lowest BCUT2D eigenvalue weighted by Crippen LogP contribution is -2.14. The van der Waals surface area contributed by atoms with E-state index in [1.165, 1.54) is 17.5 Å². The zero-order valence-corrected chi connectivity index (χ0v) is 22.7. The van der Waals surface area contributed by atoms with Crippen molar-refractivity contribution in [3.05, 3.63) is 108 Å². The number of carbonyl (C=O) groups is 1. The van der Waals surface area contributed by atoms with Gasteiger partial charge in [-0.1, -0.05) is 67.1 Å². The molecule has 1 amide bonds. The molecule has 0 bridgehead atoms. The Morgan fingerprint density at radius 2 is 1.85 bits per heavy atom. The molecular weight excluding hydrogens is 486 g/mol. The van der Waals surface area contributed by atoms with Gasteiger partial charge in [0.2, 0.25) is 6.41 Å². The normalized spacial score (nSPS) is 12.3. The molecule has 8 nitrogen and oxygen atoms in total. The molecule has 8 heteroatoms. The summed E-state index contributed by atoms with van der Waals surface area (Å²) in [6.45, 7) is 7.92. The Balaban J connectivity index is 1.48. The van der Waals surface area contributed by atoms with E-state index in [-0.39, 0.29) is 0 Å². The van der Waals surface area contributed by atoms with Crippen LogP contribution in [0.5, 0.6) is 0 Å². The molecule has 0 saturated heterocycles. The molecule has 4 rings (SSSR count). The minimum Gasteiger partial charge on any atom is -0.398 e. The van der Waals surface area contributed by atoms with Crippen LogP contribution in [-0.4, -0.2) is 37.6 Å². The summed E-state index contributed by atoms with van der Waals surface area (Å²) >= 11 is 0. The number of fused-ring (bicyclic) bond motifs is 1. The third-order valence-corrected chi connectivity index (χ3v) is 6.58. The molecule has 39 heavy (non-hydrogen) atoms. The average molecular weight is 522 g/mol. The Morgan fingerprint density at radius 3 is 2.56 bits per heavy atom. The lowest BCUT2D eigenvalue weighted by Gasteiger charge is -2.15. The number of nitrogens with two attached hydrogens (primary N) is 1. The Bertz CT molecular complexity index is 1500. The Morgan fingerprint density at radius 1 is 1.08 bits per heavy atom. The maximum absolute atomic E-state index is 11.4. The molecule has 200 valence electrons. The topological polar surface area (TPSA) is 102 Å². The van der Waals surface area contributed by atoms with Crippen molar-refractivity contribution in [2.24, 2.45) is 0 Å². The van der Waals surface area contributed by atoms with Crippen molar-refractivity contribution in [2.45, 2.75) is 40.3 Å². The number of rotatable bonds is 12. The molecule has 0 unspecified atom stereocenters. The number of anilines is 2. The van der Waals surface area contributed by atoms with E-state index < -0.39 is 0 Å². The molecule has 0 aliphatic rings. The van der Waals surface area contributed by atoms with Crippen LogP contribution in [0.3, 0.4) is 0 Å². The molecule has 2 aromatic heterocycles. The highest BCUT2D eigenvalue weighted by Gasteiger charge is 2.13. The lowest BCUT2D eigenvalue weighted by molar-refractivity contribution is -0.116. The van der Waals surface area contributed by atoms with Crippen molar-refractivity contribution in [3.63, 3.8) is 0 Å². The van der Waals surface area contributed by atoms with Crippen LogP contribution in [0.4, 0.5) is 11.5 Å². The first kappa shape index (κ1) is 27.3. The number of allylic oxidation sites excluding steroid dienone is 4. The predicted octanol–water partition coefficient (Wildman–Crippen LogP) is 5.80. The van der Waals surface area contributed by atoms with Gasteiger partial charge < -0.3 is 16.0 Å². The Hall–Kier alpha value is -4.72. The van der Waals surface area contributed by atoms with Gasteiger partial charge in [-0.25, -0.2) is 9.97 Å². The number of nitrogens with zero attached hydrogens (tertiary/aromatic N) is 5. The maximum Gasteiger partial charge on any atom is 0.213 e. The highest BCUT2D eigenvalue weighted by atomic mass is 16.1. The van der Waals surface area contributed by atoms with Crippen LogP contribution < -0.4 is 11.1 Å². The van der Waals surface area contributed by atoms with Crippen molar-refractivity contribution >= 4 is 34.5 Å². The zero-order valence-electron chi connectivity index (χ0n) is 22.7. The number of aromatic nitrogens is 4. The summed E-state index contributed by atoms with van der Waals surface area (Å²) < 4.78 is 1.88. The molecule has 0 saturated carbocycles. The van der Waals surface area contributed by atoms with Crippen LogP contribution in [0.15, 0.2) is 91.1 Å². The van der Waals surface area contributed by atoms with Gasteiger partial charge in [-0.05, 0) is 49.1 Å². The lowest BCUT2D eigenvalue weighted by atomic mass is 9.97. The summed E-state index contributed by atoms with van der Waals surface area (Å²) in [5.41, 5.74) is 13.3. The van der Waals surface area contributed by atoms with Crippen molar-refractivity contribution in [1.82, 2.24) is 24.6 Å². The summed E-state index contributed by atoms with van der Waals surface area (Å²) in [6.07, 6.45) is 12.7. The molecule has 0 aliphatic heterocycles. The second-order valence-electron chi connectivity index (χ2n) is 9.30. The third kappa shape index (κ3) is 6.98. The first-order valence-electron chi connectivity index (χ1n) is 13.1. The van der Waals surface area contributed by atoms with E-state index in [0.717, 1.165) is 46.4 Å². The van der Waals surface area contributed by atoms with E-state index in [0.29, 0.717) is 25.3 Å². The van der Waals surface area contributed by atoms with E-state index in [1.807, 2.05) is 66.4 Å². The van der Waals surface area contributed by atoms with Crippen LogP contribution >= 0.6 is 0 Å². The number of hydrogen-bond acceptors (Lipinski definition) is 6. The number of benzene rings is 2. The zero-order chi connectivity index (χ0) is 27.6. The molecule has 0 fully saturated rings. The van der Waals surface area contributed by atoms with Crippen LogP contribution in [0.2, 0.25) is 0 Å².